The molecule has 0 aliphatic carbocycles. The van der Waals surface area contributed by atoms with Crippen LogP contribution in [-0.4, -0.2) is 56.7 Å². The normalized spacial score (nSPS) is 10.6. The summed E-state index contributed by atoms with van der Waals surface area (Å²) in [6.07, 6.45) is 0.216. The van der Waals surface area contributed by atoms with Gasteiger partial charge in [0.05, 0.1) is 37.1 Å². The van der Waals surface area contributed by atoms with Crippen LogP contribution in [0.1, 0.15) is 36.7 Å². The van der Waals surface area contributed by atoms with Gasteiger partial charge in [-0.3, -0.25) is 4.79 Å². The van der Waals surface area contributed by atoms with Gasteiger partial charge in [-0.15, -0.1) is 0 Å². The Morgan fingerprint density at radius 1 is 0.968 bits per heavy atom. The third-order valence-corrected chi connectivity index (χ3v) is 4.95. The van der Waals surface area contributed by atoms with Crippen molar-refractivity contribution in [2.75, 3.05) is 50.5 Å². The first-order valence-corrected chi connectivity index (χ1v) is 10.7. The summed E-state index contributed by atoms with van der Waals surface area (Å²) in [5, 5.41) is 6.29. The van der Waals surface area contributed by atoms with Gasteiger partial charge in [0.15, 0.2) is 0 Å². The fourth-order valence-electron chi connectivity index (χ4n) is 3.19. The van der Waals surface area contributed by atoms with E-state index in [0.29, 0.717) is 17.9 Å². The van der Waals surface area contributed by atoms with E-state index in [1.165, 1.54) is 7.11 Å². The number of nitrogens with zero attached hydrogens (tertiary/aromatic N) is 1. The van der Waals surface area contributed by atoms with E-state index in [4.69, 9.17) is 9.47 Å². The van der Waals surface area contributed by atoms with Crippen LogP contribution >= 0.6 is 0 Å². The standard InChI is InChI=1S/C24H33N3O4/c1-5-27(6-2)15-14-25-21-13-10-19(24(29)30-4)17-22(21)26-23(28)16-18-8-11-20(12-9-18)31-7-3/h8-13,17,25H,5-7,14-16H2,1-4H3,(H,26,28). The lowest BCUT2D eigenvalue weighted by Gasteiger charge is -2.20. The maximum atomic E-state index is 12.7. The van der Waals surface area contributed by atoms with Crippen molar-refractivity contribution in [3.05, 3.63) is 53.6 Å². The van der Waals surface area contributed by atoms with E-state index in [1.807, 2.05) is 31.2 Å². The summed E-state index contributed by atoms with van der Waals surface area (Å²) in [6.45, 7) is 10.3. The minimum Gasteiger partial charge on any atom is -0.494 e. The topological polar surface area (TPSA) is 79.9 Å². The molecule has 7 heteroatoms. The van der Waals surface area contributed by atoms with Crippen molar-refractivity contribution in [2.24, 2.45) is 0 Å². The molecule has 0 heterocycles. The predicted molar refractivity (Wildman–Crippen MR) is 124 cm³/mol. The molecular weight excluding hydrogens is 394 g/mol. The van der Waals surface area contributed by atoms with Crippen LogP contribution in [0.25, 0.3) is 0 Å². The zero-order valence-electron chi connectivity index (χ0n) is 18.9. The Morgan fingerprint density at radius 2 is 1.68 bits per heavy atom. The van der Waals surface area contributed by atoms with Gasteiger partial charge in [-0.25, -0.2) is 4.79 Å². The Labute approximate surface area is 184 Å². The van der Waals surface area contributed by atoms with Crippen LogP contribution in [-0.2, 0) is 16.0 Å². The highest BCUT2D eigenvalue weighted by Crippen LogP contribution is 2.24. The molecule has 0 bridgehead atoms. The minimum absolute atomic E-state index is 0.169. The molecule has 1 amide bonds. The first-order valence-electron chi connectivity index (χ1n) is 10.7. The van der Waals surface area contributed by atoms with Gasteiger partial charge in [0.1, 0.15) is 5.75 Å². The molecule has 0 spiro atoms. The fraction of sp³-hybridized carbons (Fsp3) is 0.417. The van der Waals surface area contributed by atoms with Crippen molar-refractivity contribution in [2.45, 2.75) is 27.2 Å². The number of ether oxygens (including phenoxy) is 2. The summed E-state index contributed by atoms with van der Waals surface area (Å²) in [6, 6.07) is 12.6. The van der Waals surface area contributed by atoms with E-state index in [-0.39, 0.29) is 12.3 Å². The quantitative estimate of drug-likeness (QED) is 0.502. The zero-order chi connectivity index (χ0) is 22.6. The number of likely N-dealkylation sites (N-methyl/N-ethyl adjacent to an activating group) is 1. The Morgan fingerprint density at radius 3 is 2.29 bits per heavy atom. The van der Waals surface area contributed by atoms with Crippen LogP contribution < -0.4 is 15.4 Å². The first kappa shape index (κ1) is 24.2. The molecule has 2 rings (SSSR count). The molecule has 0 unspecified atom stereocenters. The molecule has 0 radical (unpaired) electrons. The molecule has 0 aliphatic heterocycles. The molecule has 7 nitrogen and oxygen atoms in total. The Kier molecular flexibility index (Phi) is 9.84. The Balaban J connectivity index is 2.10. The number of hydrogen-bond donors (Lipinski definition) is 2. The largest absolute Gasteiger partial charge is 0.494 e. The van der Waals surface area contributed by atoms with Gasteiger partial charge < -0.3 is 25.0 Å². The smallest absolute Gasteiger partial charge is 0.337 e. The van der Waals surface area contributed by atoms with E-state index in [1.54, 1.807) is 18.2 Å². The average Bonchev–Trinajstić information content (AvgIpc) is 2.78. The van der Waals surface area contributed by atoms with E-state index >= 15 is 0 Å². The maximum Gasteiger partial charge on any atom is 0.337 e. The number of amides is 1. The molecule has 168 valence electrons. The third-order valence-electron chi connectivity index (χ3n) is 4.95. The van der Waals surface area contributed by atoms with Gasteiger partial charge in [0, 0.05) is 13.1 Å². The zero-order valence-corrected chi connectivity index (χ0v) is 18.9. The highest BCUT2D eigenvalue weighted by atomic mass is 16.5. The highest BCUT2D eigenvalue weighted by molar-refractivity contribution is 5.98. The molecule has 2 aromatic rings. The minimum atomic E-state index is -0.447. The van der Waals surface area contributed by atoms with Gasteiger partial charge in [0.25, 0.3) is 0 Å². The second-order valence-corrected chi connectivity index (χ2v) is 7.01. The number of hydrogen-bond acceptors (Lipinski definition) is 6. The van der Waals surface area contributed by atoms with Crippen molar-refractivity contribution in [3.8, 4) is 5.75 Å². The molecule has 2 aromatic carbocycles. The number of nitrogens with one attached hydrogen (secondary N) is 2. The summed E-state index contributed by atoms with van der Waals surface area (Å²) >= 11 is 0. The molecule has 0 saturated heterocycles. The van der Waals surface area contributed by atoms with Crippen molar-refractivity contribution in [1.29, 1.82) is 0 Å². The number of rotatable bonds is 12. The molecule has 2 N–H and O–H groups in total. The van der Waals surface area contributed by atoms with Crippen molar-refractivity contribution in [1.82, 2.24) is 4.90 Å². The number of benzene rings is 2. The second kappa shape index (κ2) is 12.6. The summed E-state index contributed by atoms with van der Waals surface area (Å²) in [5.74, 6) is 0.159. The van der Waals surface area contributed by atoms with Crippen molar-refractivity contribution < 1.29 is 19.1 Å². The lowest BCUT2D eigenvalue weighted by atomic mass is 10.1. The van der Waals surface area contributed by atoms with E-state index in [9.17, 15) is 9.59 Å². The number of methoxy groups -OCH3 is 1. The fourth-order valence-corrected chi connectivity index (χ4v) is 3.19. The lowest BCUT2D eigenvalue weighted by molar-refractivity contribution is -0.115. The summed E-state index contributed by atoms with van der Waals surface area (Å²) < 4.78 is 10.3. The summed E-state index contributed by atoms with van der Waals surface area (Å²) in [5.41, 5.74) is 2.58. The predicted octanol–water partition coefficient (Wildman–Crippen LogP) is 3.81. The first-order chi connectivity index (χ1) is 15.0. The van der Waals surface area contributed by atoms with Crippen LogP contribution in [0.3, 0.4) is 0 Å². The molecular formula is C24H33N3O4. The summed E-state index contributed by atoms with van der Waals surface area (Å²) in [4.78, 5) is 26.9. The highest BCUT2D eigenvalue weighted by Gasteiger charge is 2.13. The SMILES string of the molecule is CCOc1ccc(CC(=O)Nc2cc(C(=O)OC)ccc2NCCN(CC)CC)cc1. The molecule has 0 fully saturated rings. The van der Waals surface area contributed by atoms with Crippen LogP contribution in [0.2, 0.25) is 0 Å². The van der Waals surface area contributed by atoms with Crippen LogP contribution in [0.15, 0.2) is 42.5 Å². The van der Waals surface area contributed by atoms with Gasteiger partial charge in [0.2, 0.25) is 5.91 Å². The van der Waals surface area contributed by atoms with Crippen molar-refractivity contribution >= 4 is 23.3 Å². The van der Waals surface area contributed by atoms with Gasteiger partial charge in [-0.1, -0.05) is 26.0 Å². The number of carbonyl (C=O) groups is 2. The van der Waals surface area contributed by atoms with Gasteiger partial charge >= 0.3 is 5.97 Å². The maximum absolute atomic E-state index is 12.7. The van der Waals surface area contributed by atoms with Gasteiger partial charge in [-0.05, 0) is 55.9 Å². The number of carbonyl (C=O) groups excluding carboxylic acids is 2. The Bertz CT molecular complexity index is 848. The number of anilines is 2. The molecule has 0 atom stereocenters. The van der Waals surface area contributed by atoms with Gasteiger partial charge in [-0.2, -0.15) is 0 Å². The molecule has 0 aliphatic rings. The van der Waals surface area contributed by atoms with Crippen LogP contribution in [0.4, 0.5) is 11.4 Å². The van der Waals surface area contributed by atoms with Crippen LogP contribution in [0.5, 0.6) is 5.75 Å². The average molecular weight is 428 g/mol. The monoisotopic (exact) mass is 427 g/mol. The molecule has 31 heavy (non-hydrogen) atoms. The lowest BCUT2D eigenvalue weighted by Crippen LogP contribution is -2.28. The van der Waals surface area contributed by atoms with E-state index < -0.39 is 5.97 Å². The van der Waals surface area contributed by atoms with E-state index in [0.717, 1.165) is 43.2 Å². The van der Waals surface area contributed by atoms with Crippen molar-refractivity contribution in [3.63, 3.8) is 0 Å². The molecule has 0 saturated carbocycles. The Hall–Kier alpha value is -3.06. The second-order valence-electron chi connectivity index (χ2n) is 7.01. The van der Waals surface area contributed by atoms with E-state index in [2.05, 4.69) is 29.4 Å². The number of esters is 1. The molecule has 0 aromatic heterocycles. The summed E-state index contributed by atoms with van der Waals surface area (Å²) in [7, 11) is 1.34. The van der Waals surface area contributed by atoms with Crippen LogP contribution in [0, 0.1) is 0 Å². The third kappa shape index (κ3) is 7.61.